The van der Waals surface area contributed by atoms with Crippen molar-refractivity contribution in [1.82, 2.24) is 19.4 Å². The quantitative estimate of drug-likeness (QED) is 0.160. The Kier molecular flexibility index (Phi) is 10.2. The molecule has 1 aliphatic heterocycles. The number of halogens is 4. The van der Waals surface area contributed by atoms with Crippen LogP contribution in [0.5, 0.6) is 17.4 Å². The third-order valence-electron chi connectivity index (χ3n) is 8.58. The number of nitrogens with one attached hydrogen (secondary N) is 1. The van der Waals surface area contributed by atoms with Gasteiger partial charge in [-0.3, -0.25) is 14.4 Å². The number of ether oxygens (including phenoxy) is 2. The average molecular weight is 742 g/mol. The molecule has 1 saturated heterocycles. The van der Waals surface area contributed by atoms with Gasteiger partial charge in [0.15, 0.2) is 6.61 Å². The van der Waals surface area contributed by atoms with Crippen molar-refractivity contribution in [3.63, 3.8) is 0 Å². The van der Waals surface area contributed by atoms with Crippen LogP contribution in [0.2, 0.25) is 5.02 Å². The number of alkyl halides is 3. The maximum Gasteiger partial charge on any atom is 0.422 e. The summed E-state index contributed by atoms with van der Waals surface area (Å²) in [4.78, 5) is 22.0. The van der Waals surface area contributed by atoms with Gasteiger partial charge in [0.2, 0.25) is 5.88 Å². The average Bonchev–Trinajstić information content (AvgIpc) is 3.41. The molecule has 268 valence electrons. The van der Waals surface area contributed by atoms with Gasteiger partial charge in [-0.25, -0.2) is 13.4 Å². The van der Waals surface area contributed by atoms with Crippen LogP contribution >= 0.6 is 11.6 Å². The van der Waals surface area contributed by atoms with Crippen molar-refractivity contribution in [1.29, 1.82) is 0 Å². The fourth-order valence-corrected chi connectivity index (χ4v) is 7.41. The van der Waals surface area contributed by atoms with Crippen LogP contribution < -0.4 is 14.2 Å². The second-order valence-corrected chi connectivity index (χ2v) is 14.4. The second-order valence-electron chi connectivity index (χ2n) is 12.4. The van der Waals surface area contributed by atoms with E-state index < -0.39 is 22.8 Å². The monoisotopic (exact) mass is 741 g/mol. The summed E-state index contributed by atoms with van der Waals surface area (Å²) in [7, 11) is -2.06. The van der Waals surface area contributed by atoms with Crippen molar-refractivity contribution in [2.45, 2.75) is 31.5 Å². The molecule has 0 radical (unpaired) electrons. The van der Waals surface area contributed by atoms with E-state index in [1.54, 1.807) is 50.2 Å². The molecule has 15 heteroatoms. The van der Waals surface area contributed by atoms with Crippen LogP contribution in [0.25, 0.3) is 10.9 Å². The maximum absolute atomic E-state index is 13.6. The fourth-order valence-electron chi connectivity index (χ4n) is 5.84. The van der Waals surface area contributed by atoms with Gasteiger partial charge in [0.05, 0.1) is 22.3 Å². The summed E-state index contributed by atoms with van der Waals surface area (Å²) in [6.07, 6.45) is -3.02. The maximum atomic E-state index is 13.6. The van der Waals surface area contributed by atoms with Crippen LogP contribution in [-0.2, 0) is 23.6 Å². The van der Waals surface area contributed by atoms with Crippen LogP contribution in [0.15, 0.2) is 83.9 Å². The van der Waals surface area contributed by atoms with Crippen molar-refractivity contribution >= 4 is 44.1 Å². The van der Waals surface area contributed by atoms with Crippen molar-refractivity contribution in [2.75, 3.05) is 37.5 Å². The first-order chi connectivity index (χ1) is 24.1. The number of pyridine rings is 1. The molecule has 3 aromatic carbocycles. The minimum atomic E-state index is -4.39. The van der Waals surface area contributed by atoms with E-state index in [0.29, 0.717) is 60.3 Å². The van der Waals surface area contributed by atoms with Gasteiger partial charge in [-0.2, -0.15) is 13.2 Å². The van der Waals surface area contributed by atoms with Crippen molar-refractivity contribution < 1.29 is 35.9 Å². The van der Waals surface area contributed by atoms with E-state index in [1.165, 1.54) is 24.4 Å². The molecule has 5 aromatic rings. The summed E-state index contributed by atoms with van der Waals surface area (Å²) < 4.78 is 78.4. The number of fused-ring (bicyclic) bond motifs is 1. The number of hydrogen-bond acceptors (Lipinski definition) is 7. The van der Waals surface area contributed by atoms with Gasteiger partial charge in [0.1, 0.15) is 17.2 Å². The molecule has 3 heterocycles. The molecule has 1 amide bonds. The lowest BCUT2D eigenvalue weighted by Crippen LogP contribution is -2.48. The Morgan fingerprint density at radius 3 is 2.29 bits per heavy atom. The van der Waals surface area contributed by atoms with E-state index in [9.17, 15) is 26.4 Å². The van der Waals surface area contributed by atoms with Crippen molar-refractivity contribution in [3.8, 4) is 17.4 Å². The third-order valence-corrected chi connectivity index (χ3v) is 10.5. The van der Waals surface area contributed by atoms with E-state index in [4.69, 9.17) is 21.1 Å². The van der Waals surface area contributed by atoms with Gasteiger partial charge in [-0.1, -0.05) is 23.7 Å². The lowest BCUT2D eigenvalue weighted by atomic mass is 10.2. The van der Waals surface area contributed by atoms with Crippen LogP contribution in [0, 0.1) is 13.8 Å². The largest absolute Gasteiger partial charge is 0.484 e. The predicted molar refractivity (Wildman–Crippen MR) is 188 cm³/mol. The number of hydrogen-bond donors (Lipinski definition) is 1. The lowest BCUT2D eigenvalue weighted by Gasteiger charge is -2.34. The number of aryl methyl sites for hydroxylation is 3. The SMILES string of the molecule is Cc1cc(S(=O)(=O)Nc2ccc(Oc3ccc4cc(C(=O)N5CCN(Cc6ccc(OCC(F)(F)F)cc6)CC5)n(C)c4c3)nc2)c(C)cc1Cl. The second kappa shape index (κ2) is 14.4. The Labute approximate surface area is 298 Å². The standard InChI is InChI=1S/C36H35ClF3N5O5S/c1-23-17-33(24(2)16-30(23)37)51(47,48)42-27-7-11-34(41-20-27)50-29-10-6-26-18-32(43(3)31(26)19-29)35(46)45-14-12-44(13-15-45)21-25-4-8-28(9-5-25)49-22-36(38,39)40/h4-11,16-20,42H,12-15,21-22H2,1-3H3. The molecule has 6 rings (SSSR count). The van der Waals surface area contributed by atoms with Gasteiger partial charge in [-0.15, -0.1) is 0 Å². The van der Waals surface area contributed by atoms with Gasteiger partial charge in [0, 0.05) is 62.3 Å². The number of benzene rings is 3. The van der Waals surface area contributed by atoms with E-state index in [1.807, 2.05) is 34.7 Å². The number of sulfonamides is 1. The number of carbonyl (C=O) groups excluding carboxylic acids is 1. The molecule has 10 nitrogen and oxygen atoms in total. The number of amides is 1. The first-order valence-electron chi connectivity index (χ1n) is 16.0. The van der Waals surface area contributed by atoms with Gasteiger partial charge in [0.25, 0.3) is 15.9 Å². The molecule has 0 spiro atoms. The van der Waals surface area contributed by atoms with Gasteiger partial charge >= 0.3 is 6.18 Å². The normalized spacial score (nSPS) is 14.1. The number of rotatable bonds is 10. The zero-order valence-electron chi connectivity index (χ0n) is 28.0. The number of aromatic nitrogens is 2. The van der Waals surface area contributed by atoms with Crippen LogP contribution in [0.3, 0.4) is 0 Å². The Morgan fingerprint density at radius 2 is 1.63 bits per heavy atom. The number of anilines is 1. The third kappa shape index (κ3) is 8.58. The fraction of sp³-hybridized carbons (Fsp3) is 0.278. The highest BCUT2D eigenvalue weighted by atomic mass is 35.5. The smallest absolute Gasteiger partial charge is 0.422 e. The number of nitrogens with zero attached hydrogens (tertiary/aromatic N) is 4. The number of piperazine rings is 1. The number of carbonyl (C=O) groups is 1. The minimum Gasteiger partial charge on any atom is -0.484 e. The molecule has 51 heavy (non-hydrogen) atoms. The van der Waals surface area contributed by atoms with E-state index in [0.717, 1.165) is 16.5 Å². The highest BCUT2D eigenvalue weighted by Crippen LogP contribution is 2.29. The first kappa shape index (κ1) is 36.0. The summed E-state index contributed by atoms with van der Waals surface area (Å²) in [5, 5.41) is 1.35. The molecule has 0 aliphatic carbocycles. The molecule has 0 unspecified atom stereocenters. The van der Waals surface area contributed by atoms with E-state index in [2.05, 4.69) is 14.6 Å². The molecule has 0 bridgehead atoms. The summed E-state index contributed by atoms with van der Waals surface area (Å²) in [6, 6.07) is 20.1. The van der Waals surface area contributed by atoms with E-state index >= 15 is 0 Å². The summed E-state index contributed by atoms with van der Waals surface area (Å²) >= 11 is 6.13. The topological polar surface area (TPSA) is 106 Å². The van der Waals surface area contributed by atoms with Gasteiger partial charge < -0.3 is 18.9 Å². The van der Waals surface area contributed by atoms with E-state index in [-0.39, 0.29) is 28.1 Å². The van der Waals surface area contributed by atoms with Crippen LogP contribution in [0.4, 0.5) is 18.9 Å². The zero-order valence-corrected chi connectivity index (χ0v) is 29.6. The Morgan fingerprint density at radius 1 is 0.922 bits per heavy atom. The first-order valence-corrected chi connectivity index (χ1v) is 17.8. The highest BCUT2D eigenvalue weighted by Gasteiger charge is 2.29. The lowest BCUT2D eigenvalue weighted by molar-refractivity contribution is -0.153. The zero-order chi connectivity index (χ0) is 36.5. The predicted octanol–water partition coefficient (Wildman–Crippen LogP) is 7.34. The molecular weight excluding hydrogens is 707 g/mol. The molecule has 0 atom stereocenters. The summed E-state index contributed by atoms with van der Waals surface area (Å²) in [6.45, 7) is 5.04. The molecule has 2 aromatic heterocycles. The summed E-state index contributed by atoms with van der Waals surface area (Å²) in [5.41, 5.74) is 3.70. The molecular formula is C36H35ClF3N5O5S. The van der Waals surface area contributed by atoms with Crippen LogP contribution in [0.1, 0.15) is 27.2 Å². The molecule has 1 aliphatic rings. The summed E-state index contributed by atoms with van der Waals surface area (Å²) in [5.74, 6) is 0.814. The highest BCUT2D eigenvalue weighted by molar-refractivity contribution is 7.92. The van der Waals surface area contributed by atoms with Crippen molar-refractivity contribution in [2.24, 2.45) is 7.05 Å². The molecule has 0 saturated carbocycles. The Balaban J connectivity index is 1.05. The minimum absolute atomic E-state index is 0.0920. The van der Waals surface area contributed by atoms with Crippen LogP contribution in [-0.4, -0.2) is 72.6 Å². The Hall–Kier alpha value is -4.79. The van der Waals surface area contributed by atoms with Gasteiger partial charge in [-0.05, 0) is 79.1 Å². The van der Waals surface area contributed by atoms with Crippen molar-refractivity contribution in [3.05, 3.63) is 106 Å². The molecule has 1 N–H and O–H groups in total. The Bertz CT molecular complexity index is 2170. The molecule has 1 fully saturated rings.